The van der Waals surface area contributed by atoms with E-state index in [2.05, 4.69) is 20.6 Å². The van der Waals surface area contributed by atoms with E-state index < -0.39 is 11.6 Å². The lowest BCUT2D eigenvalue weighted by Gasteiger charge is -2.20. The van der Waals surface area contributed by atoms with Gasteiger partial charge in [0, 0.05) is 30.4 Å². The van der Waals surface area contributed by atoms with Gasteiger partial charge in [-0.05, 0) is 42.8 Å². The maximum atomic E-state index is 13.8. The molecule has 0 aliphatic rings. The van der Waals surface area contributed by atoms with Gasteiger partial charge in [-0.25, -0.2) is 18.7 Å². The number of rotatable bonds is 7. The number of hydrogen-bond donors (Lipinski definition) is 4. The van der Waals surface area contributed by atoms with Crippen LogP contribution in [0.3, 0.4) is 0 Å². The zero-order valence-corrected chi connectivity index (χ0v) is 16.2. The van der Waals surface area contributed by atoms with Crippen LogP contribution in [-0.2, 0) is 0 Å². The Bertz CT molecular complexity index is 995. The van der Waals surface area contributed by atoms with Gasteiger partial charge in [0.15, 0.2) is 23.2 Å². The molecule has 0 fully saturated rings. The minimum Gasteiger partial charge on any atom is -0.505 e. The third kappa shape index (κ3) is 4.60. The van der Waals surface area contributed by atoms with Gasteiger partial charge in [0.1, 0.15) is 11.5 Å². The molecular weight excluding hydrogens is 376 g/mol. The number of phenols is 1. The van der Waals surface area contributed by atoms with Gasteiger partial charge < -0.3 is 21.5 Å². The Balaban J connectivity index is 2.12. The molecule has 29 heavy (non-hydrogen) atoms. The van der Waals surface area contributed by atoms with E-state index in [0.29, 0.717) is 40.7 Å². The molecule has 0 aliphatic heterocycles. The molecule has 8 heteroatoms. The summed E-state index contributed by atoms with van der Waals surface area (Å²) in [6.07, 6.45) is 1.58. The lowest BCUT2D eigenvalue weighted by molar-refractivity contribution is 0.432. The van der Waals surface area contributed by atoms with E-state index in [1.807, 2.05) is 6.92 Å². The van der Waals surface area contributed by atoms with Crippen molar-refractivity contribution in [2.75, 3.05) is 17.7 Å². The van der Waals surface area contributed by atoms with Gasteiger partial charge in [0.2, 0.25) is 0 Å². The van der Waals surface area contributed by atoms with Gasteiger partial charge in [-0.15, -0.1) is 0 Å². The molecule has 0 spiro atoms. The van der Waals surface area contributed by atoms with Crippen LogP contribution in [0.4, 0.5) is 26.0 Å². The van der Waals surface area contributed by atoms with Crippen LogP contribution in [0.2, 0.25) is 0 Å². The average molecular weight is 399 g/mol. The summed E-state index contributed by atoms with van der Waals surface area (Å²) in [5, 5.41) is 15.5. The quantitative estimate of drug-likeness (QED) is 0.430. The SMILES string of the molecule is CCCC(N)c1nc(-c2ccc(F)cc2)nc(Nc2ccc(O)c(F)c2)c1NC. The van der Waals surface area contributed by atoms with Crippen molar-refractivity contribution in [3.05, 3.63) is 59.8 Å². The van der Waals surface area contributed by atoms with Gasteiger partial charge in [0.25, 0.3) is 0 Å². The fourth-order valence-corrected chi connectivity index (χ4v) is 2.98. The first-order valence-corrected chi connectivity index (χ1v) is 9.29. The van der Waals surface area contributed by atoms with E-state index in [1.54, 1.807) is 19.2 Å². The maximum absolute atomic E-state index is 13.8. The summed E-state index contributed by atoms with van der Waals surface area (Å²) >= 11 is 0. The normalized spacial score (nSPS) is 11.9. The Kier molecular flexibility index (Phi) is 6.23. The highest BCUT2D eigenvalue weighted by atomic mass is 19.1. The summed E-state index contributed by atoms with van der Waals surface area (Å²) in [5.41, 5.74) is 8.56. The number of phenolic OH excluding ortho intramolecular Hbond substituents is 1. The number of nitrogens with zero attached hydrogens (tertiary/aromatic N) is 2. The third-order valence-corrected chi connectivity index (χ3v) is 4.45. The van der Waals surface area contributed by atoms with Crippen LogP contribution in [0.25, 0.3) is 11.4 Å². The predicted octanol–water partition coefficient (Wildman–Crippen LogP) is 4.71. The first kappa shape index (κ1) is 20.5. The Hall–Kier alpha value is -3.26. The number of anilines is 3. The highest BCUT2D eigenvalue weighted by Crippen LogP contribution is 2.33. The van der Waals surface area contributed by atoms with E-state index in [4.69, 9.17) is 5.73 Å². The standard InChI is InChI=1S/C21H23F2N5O/c1-3-4-16(24)18-19(25-2)21(26-14-9-10-17(29)15(23)11-14)28-20(27-18)12-5-7-13(22)8-6-12/h5-11,16,25,29H,3-4,24H2,1-2H3,(H,26,27,28). The fourth-order valence-electron chi connectivity index (χ4n) is 2.98. The van der Waals surface area contributed by atoms with Crippen molar-refractivity contribution in [1.82, 2.24) is 9.97 Å². The van der Waals surface area contributed by atoms with Crippen LogP contribution in [0.5, 0.6) is 5.75 Å². The fraction of sp³-hybridized carbons (Fsp3) is 0.238. The molecule has 0 bridgehead atoms. The zero-order valence-electron chi connectivity index (χ0n) is 16.2. The molecule has 0 saturated heterocycles. The van der Waals surface area contributed by atoms with Crippen molar-refractivity contribution in [2.24, 2.45) is 5.73 Å². The van der Waals surface area contributed by atoms with Crippen LogP contribution in [0.15, 0.2) is 42.5 Å². The van der Waals surface area contributed by atoms with Gasteiger partial charge in [0.05, 0.1) is 5.69 Å². The number of halogens is 2. The number of benzene rings is 2. The van der Waals surface area contributed by atoms with Crippen LogP contribution < -0.4 is 16.4 Å². The largest absolute Gasteiger partial charge is 0.505 e. The average Bonchev–Trinajstić information content (AvgIpc) is 2.71. The molecule has 1 atom stereocenters. The summed E-state index contributed by atoms with van der Waals surface area (Å²) in [7, 11) is 1.72. The Labute approximate surface area is 167 Å². The molecular formula is C21H23F2N5O. The van der Waals surface area contributed by atoms with E-state index in [1.165, 1.54) is 30.3 Å². The molecule has 0 aliphatic carbocycles. The molecule has 5 N–H and O–H groups in total. The van der Waals surface area contributed by atoms with E-state index in [0.717, 1.165) is 6.42 Å². The molecule has 6 nitrogen and oxygen atoms in total. The Morgan fingerprint density at radius 3 is 2.45 bits per heavy atom. The van der Waals surface area contributed by atoms with Gasteiger partial charge >= 0.3 is 0 Å². The highest BCUT2D eigenvalue weighted by molar-refractivity contribution is 5.75. The summed E-state index contributed by atoms with van der Waals surface area (Å²) < 4.78 is 27.1. The van der Waals surface area contributed by atoms with Crippen molar-refractivity contribution in [1.29, 1.82) is 0 Å². The minimum absolute atomic E-state index is 0.346. The second kappa shape index (κ2) is 8.83. The van der Waals surface area contributed by atoms with E-state index >= 15 is 0 Å². The molecule has 2 aromatic carbocycles. The number of aromatic hydroxyl groups is 1. The summed E-state index contributed by atoms with van der Waals surface area (Å²) in [5.74, 6) is -0.788. The Morgan fingerprint density at radius 2 is 1.83 bits per heavy atom. The first-order chi connectivity index (χ1) is 13.9. The van der Waals surface area contributed by atoms with Crippen LogP contribution >= 0.6 is 0 Å². The molecule has 1 unspecified atom stereocenters. The van der Waals surface area contributed by atoms with Crippen molar-refractivity contribution in [3.8, 4) is 17.1 Å². The van der Waals surface area contributed by atoms with Crippen molar-refractivity contribution in [3.63, 3.8) is 0 Å². The lowest BCUT2D eigenvalue weighted by atomic mass is 10.1. The smallest absolute Gasteiger partial charge is 0.166 e. The number of nitrogens with two attached hydrogens (primary N) is 1. The number of aromatic nitrogens is 2. The second-order valence-corrected chi connectivity index (χ2v) is 6.60. The molecule has 3 aromatic rings. The monoisotopic (exact) mass is 399 g/mol. The zero-order chi connectivity index (χ0) is 21.0. The first-order valence-electron chi connectivity index (χ1n) is 9.29. The molecule has 0 radical (unpaired) electrons. The molecule has 3 rings (SSSR count). The van der Waals surface area contributed by atoms with Crippen molar-refractivity contribution < 1.29 is 13.9 Å². The lowest BCUT2D eigenvalue weighted by Crippen LogP contribution is -2.17. The van der Waals surface area contributed by atoms with E-state index in [-0.39, 0.29) is 11.9 Å². The van der Waals surface area contributed by atoms with E-state index in [9.17, 15) is 13.9 Å². The molecule has 152 valence electrons. The third-order valence-electron chi connectivity index (χ3n) is 4.45. The van der Waals surface area contributed by atoms with Gasteiger partial charge in [-0.1, -0.05) is 13.3 Å². The number of hydrogen-bond acceptors (Lipinski definition) is 6. The summed E-state index contributed by atoms with van der Waals surface area (Å²) in [6.45, 7) is 2.03. The molecule has 1 heterocycles. The van der Waals surface area contributed by atoms with Crippen molar-refractivity contribution >= 4 is 17.2 Å². The van der Waals surface area contributed by atoms with Crippen LogP contribution in [0.1, 0.15) is 31.5 Å². The predicted molar refractivity (Wildman–Crippen MR) is 110 cm³/mol. The Morgan fingerprint density at radius 1 is 1.10 bits per heavy atom. The summed E-state index contributed by atoms with van der Waals surface area (Å²) in [4.78, 5) is 9.17. The second-order valence-electron chi connectivity index (χ2n) is 6.60. The molecule has 0 saturated carbocycles. The number of nitrogens with one attached hydrogen (secondary N) is 2. The summed E-state index contributed by atoms with van der Waals surface area (Å²) in [6, 6.07) is 9.44. The van der Waals surface area contributed by atoms with Crippen LogP contribution in [-0.4, -0.2) is 22.1 Å². The molecule has 1 aromatic heterocycles. The topological polar surface area (TPSA) is 96.1 Å². The molecule has 0 amide bonds. The van der Waals surface area contributed by atoms with Gasteiger partial charge in [-0.2, -0.15) is 0 Å². The minimum atomic E-state index is -0.753. The highest BCUT2D eigenvalue weighted by Gasteiger charge is 2.20. The van der Waals surface area contributed by atoms with Gasteiger partial charge in [-0.3, -0.25) is 0 Å². The van der Waals surface area contributed by atoms with Crippen molar-refractivity contribution in [2.45, 2.75) is 25.8 Å². The van der Waals surface area contributed by atoms with Crippen LogP contribution in [0, 0.1) is 11.6 Å². The maximum Gasteiger partial charge on any atom is 0.166 e.